The summed E-state index contributed by atoms with van der Waals surface area (Å²) in [5.74, 6) is 0.461. The van der Waals surface area contributed by atoms with E-state index in [1.165, 1.54) is 0 Å². The third-order valence-corrected chi connectivity index (χ3v) is 3.65. The number of ether oxygens (including phenoxy) is 1. The average Bonchev–Trinajstić information content (AvgIpc) is 2.47. The minimum atomic E-state index is -0.852. The maximum absolute atomic E-state index is 11.4. The van der Waals surface area contributed by atoms with Crippen LogP contribution in [-0.4, -0.2) is 17.4 Å². The Bertz CT molecular complexity index is 284. The van der Waals surface area contributed by atoms with Gasteiger partial charge in [0.05, 0.1) is 5.92 Å². The van der Waals surface area contributed by atoms with Crippen molar-refractivity contribution in [1.82, 2.24) is 0 Å². The molecule has 0 radical (unpaired) electrons. The van der Waals surface area contributed by atoms with E-state index in [2.05, 4.69) is 12.2 Å². The summed E-state index contributed by atoms with van der Waals surface area (Å²) in [5.41, 5.74) is 0. The molecular formula is C10H12O3. The van der Waals surface area contributed by atoms with Gasteiger partial charge in [-0.2, -0.15) is 0 Å². The van der Waals surface area contributed by atoms with E-state index in [0.717, 1.165) is 12.8 Å². The molecule has 5 unspecified atom stereocenters. The van der Waals surface area contributed by atoms with Gasteiger partial charge in [0.2, 0.25) is 6.29 Å². The van der Waals surface area contributed by atoms with E-state index in [-0.39, 0.29) is 17.8 Å². The van der Waals surface area contributed by atoms with Crippen molar-refractivity contribution in [2.24, 2.45) is 23.7 Å². The van der Waals surface area contributed by atoms with Crippen LogP contribution in [0.5, 0.6) is 0 Å². The molecule has 1 heterocycles. The van der Waals surface area contributed by atoms with E-state index >= 15 is 0 Å². The van der Waals surface area contributed by atoms with Crippen LogP contribution in [0.25, 0.3) is 0 Å². The maximum atomic E-state index is 11.4. The van der Waals surface area contributed by atoms with Gasteiger partial charge >= 0.3 is 5.97 Å². The molecule has 2 bridgehead atoms. The van der Waals surface area contributed by atoms with Gasteiger partial charge in [0.1, 0.15) is 0 Å². The molecule has 70 valence electrons. The van der Waals surface area contributed by atoms with Gasteiger partial charge in [-0.15, -0.1) is 0 Å². The Morgan fingerprint density at radius 3 is 2.62 bits per heavy atom. The van der Waals surface area contributed by atoms with Crippen LogP contribution >= 0.6 is 0 Å². The monoisotopic (exact) mass is 180 g/mol. The highest BCUT2D eigenvalue weighted by Gasteiger charge is 2.54. The van der Waals surface area contributed by atoms with Crippen molar-refractivity contribution < 1.29 is 14.6 Å². The average molecular weight is 180 g/mol. The molecule has 1 aliphatic heterocycles. The summed E-state index contributed by atoms with van der Waals surface area (Å²) < 4.78 is 4.87. The molecule has 0 spiro atoms. The number of rotatable bonds is 0. The topological polar surface area (TPSA) is 46.5 Å². The zero-order valence-corrected chi connectivity index (χ0v) is 7.22. The van der Waals surface area contributed by atoms with Gasteiger partial charge in [-0.25, -0.2) is 0 Å². The van der Waals surface area contributed by atoms with Gasteiger partial charge in [0.25, 0.3) is 0 Å². The smallest absolute Gasteiger partial charge is 0.312 e. The third kappa shape index (κ3) is 0.854. The van der Waals surface area contributed by atoms with E-state index in [0.29, 0.717) is 11.8 Å². The molecule has 1 saturated heterocycles. The van der Waals surface area contributed by atoms with Crippen molar-refractivity contribution in [3.63, 3.8) is 0 Å². The highest BCUT2D eigenvalue weighted by Crippen LogP contribution is 2.50. The Balaban J connectivity index is 2.02. The summed E-state index contributed by atoms with van der Waals surface area (Å²) in [6.07, 6.45) is 5.57. The Labute approximate surface area is 76.4 Å². The summed E-state index contributed by atoms with van der Waals surface area (Å²) in [4.78, 5) is 11.4. The number of carbonyl (C=O) groups is 1. The van der Waals surface area contributed by atoms with Crippen LogP contribution in [-0.2, 0) is 9.53 Å². The molecule has 0 aromatic heterocycles. The fourth-order valence-electron chi connectivity index (χ4n) is 3.03. The third-order valence-electron chi connectivity index (χ3n) is 3.65. The van der Waals surface area contributed by atoms with Crippen LogP contribution in [0, 0.1) is 23.7 Å². The summed E-state index contributed by atoms with van der Waals surface area (Å²) in [7, 11) is 0. The maximum Gasteiger partial charge on any atom is 0.312 e. The van der Waals surface area contributed by atoms with Crippen LogP contribution in [0.3, 0.4) is 0 Å². The predicted molar refractivity (Wildman–Crippen MR) is 44.4 cm³/mol. The Kier molecular flexibility index (Phi) is 1.37. The van der Waals surface area contributed by atoms with E-state index in [9.17, 15) is 9.90 Å². The predicted octanol–water partition coefficient (Wildman–Crippen LogP) is 0.690. The van der Waals surface area contributed by atoms with E-state index in [1.54, 1.807) is 0 Å². The standard InChI is InChI=1S/C10H12O3/c11-9-7-5-1-2-6(4-3-5)8(7)10(12)13-9/h1-2,5-9,11H,3-4H2. The van der Waals surface area contributed by atoms with Crippen molar-refractivity contribution in [3.05, 3.63) is 12.2 Å². The van der Waals surface area contributed by atoms with Crippen molar-refractivity contribution >= 4 is 5.97 Å². The minimum Gasteiger partial charge on any atom is -0.435 e. The number of aliphatic hydroxyl groups excluding tert-OH is 1. The van der Waals surface area contributed by atoms with Crippen molar-refractivity contribution in [2.45, 2.75) is 19.1 Å². The molecule has 0 aromatic rings. The second-order valence-corrected chi connectivity index (χ2v) is 4.22. The molecule has 5 atom stereocenters. The fourth-order valence-corrected chi connectivity index (χ4v) is 3.03. The molecule has 3 nitrogen and oxygen atoms in total. The van der Waals surface area contributed by atoms with Crippen LogP contribution in [0.1, 0.15) is 12.8 Å². The number of hydrogen-bond acceptors (Lipinski definition) is 3. The van der Waals surface area contributed by atoms with Gasteiger partial charge < -0.3 is 9.84 Å². The van der Waals surface area contributed by atoms with Crippen LogP contribution in [0.15, 0.2) is 12.2 Å². The minimum absolute atomic E-state index is 0.0382. The second kappa shape index (κ2) is 2.35. The molecular weight excluding hydrogens is 168 g/mol. The van der Waals surface area contributed by atoms with Gasteiger partial charge in [-0.1, -0.05) is 12.2 Å². The van der Waals surface area contributed by atoms with Gasteiger partial charge in [-0.3, -0.25) is 4.79 Å². The van der Waals surface area contributed by atoms with E-state index < -0.39 is 6.29 Å². The number of allylic oxidation sites excluding steroid dienone is 2. The van der Waals surface area contributed by atoms with Gasteiger partial charge in [0, 0.05) is 5.92 Å². The molecule has 4 rings (SSSR count). The SMILES string of the molecule is O=C1OC(O)C2C3C=CC(CC3)C12. The summed E-state index contributed by atoms with van der Waals surface area (Å²) in [6, 6.07) is 0. The van der Waals surface area contributed by atoms with Gasteiger partial charge in [-0.05, 0) is 24.7 Å². The summed E-state index contributed by atoms with van der Waals surface area (Å²) >= 11 is 0. The highest BCUT2D eigenvalue weighted by atomic mass is 16.6. The fraction of sp³-hybridized carbons (Fsp3) is 0.700. The zero-order valence-electron chi connectivity index (χ0n) is 7.22. The van der Waals surface area contributed by atoms with Crippen molar-refractivity contribution in [3.8, 4) is 0 Å². The lowest BCUT2D eigenvalue weighted by Crippen LogP contribution is -2.39. The van der Waals surface area contributed by atoms with Crippen LogP contribution in [0.2, 0.25) is 0 Å². The highest BCUT2D eigenvalue weighted by molar-refractivity contribution is 5.76. The zero-order chi connectivity index (χ0) is 9.00. The first-order valence-electron chi connectivity index (χ1n) is 4.84. The molecule has 2 fully saturated rings. The Morgan fingerprint density at radius 2 is 2.00 bits per heavy atom. The second-order valence-electron chi connectivity index (χ2n) is 4.22. The number of cyclic esters (lactones) is 1. The number of carbonyl (C=O) groups excluding carboxylic acids is 1. The van der Waals surface area contributed by atoms with Crippen LogP contribution < -0.4 is 0 Å². The first kappa shape index (κ1) is 7.56. The number of aliphatic hydroxyl groups is 1. The quantitative estimate of drug-likeness (QED) is 0.440. The first-order chi connectivity index (χ1) is 6.27. The lowest BCUT2D eigenvalue weighted by atomic mass is 9.63. The lowest BCUT2D eigenvalue weighted by molar-refractivity contribution is -0.157. The largest absolute Gasteiger partial charge is 0.435 e. The van der Waals surface area contributed by atoms with Crippen LogP contribution in [0.4, 0.5) is 0 Å². The summed E-state index contributed by atoms with van der Waals surface area (Å²) in [6.45, 7) is 0. The number of esters is 1. The molecule has 1 saturated carbocycles. The molecule has 13 heavy (non-hydrogen) atoms. The van der Waals surface area contributed by atoms with Crippen molar-refractivity contribution in [1.29, 1.82) is 0 Å². The van der Waals surface area contributed by atoms with Crippen molar-refractivity contribution in [2.75, 3.05) is 0 Å². The summed E-state index contributed by atoms with van der Waals surface area (Å²) in [5, 5.41) is 9.54. The number of hydrogen-bond donors (Lipinski definition) is 1. The molecule has 3 aliphatic carbocycles. The normalized spacial score (nSPS) is 52.1. The molecule has 4 aliphatic rings. The van der Waals surface area contributed by atoms with Gasteiger partial charge in [0.15, 0.2) is 0 Å². The molecule has 0 amide bonds. The Hall–Kier alpha value is -0.830. The first-order valence-corrected chi connectivity index (χ1v) is 4.84. The molecule has 3 heteroatoms. The molecule has 0 aromatic carbocycles. The lowest BCUT2D eigenvalue weighted by Gasteiger charge is -2.39. The Morgan fingerprint density at radius 1 is 1.31 bits per heavy atom. The molecule has 1 N–H and O–H groups in total. The van der Waals surface area contributed by atoms with E-state index in [4.69, 9.17) is 4.74 Å². The van der Waals surface area contributed by atoms with E-state index in [1.807, 2.05) is 0 Å². The number of fused-ring (bicyclic) bond motifs is 1.